The van der Waals surface area contributed by atoms with E-state index in [4.69, 9.17) is 17.5 Å². The van der Waals surface area contributed by atoms with Crippen molar-refractivity contribution in [1.82, 2.24) is 15.2 Å². The number of fused-ring (bicyclic) bond motifs is 2. The molecule has 0 bridgehead atoms. The van der Waals surface area contributed by atoms with Crippen LogP contribution in [0, 0.1) is 11.3 Å². The molecule has 11 heteroatoms. The van der Waals surface area contributed by atoms with Gasteiger partial charge in [-0.15, -0.1) is 0 Å². The lowest BCUT2D eigenvalue weighted by Crippen LogP contribution is -2.40. The lowest BCUT2D eigenvalue weighted by atomic mass is 9.92. The second kappa shape index (κ2) is 9.17. The Balaban J connectivity index is 1.39. The van der Waals surface area contributed by atoms with E-state index in [2.05, 4.69) is 10.3 Å². The minimum Gasteiger partial charge on any atom is -0.349 e. The Labute approximate surface area is 210 Å². The van der Waals surface area contributed by atoms with E-state index >= 15 is 0 Å². The van der Waals surface area contributed by atoms with Crippen molar-refractivity contribution in [3.63, 3.8) is 0 Å². The summed E-state index contributed by atoms with van der Waals surface area (Å²) < 4.78 is 40.4. The summed E-state index contributed by atoms with van der Waals surface area (Å²) in [4.78, 5) is 32.4. The van der Waals surface area contributed by atoms with Crippen molar-refractivity contribution in [1.29, 1.82) is 5.26 Å². The van der Waals surface area contributed by atoms with Crippen LogP contribution in [0.25, 0.3) is 0 Å². The van der Waals surface area contributed by atoms with E-state index in [1.54, 1.807) is 17.0 Å². The van der Waals surface area contributed by atoms with Crippen LogP contribution in [0.15, 0.2) is 30.5 Å². The molecule has 1 saturated carbocycles. The summed E-state index contributed by atoms with van der Waals surface area (Å²) in [5.74, 6) is -0.596. The van der Waals surface area contributed by atoms with Crippen molar-refractivity contribution in [2.24, 2.45) is 0 Å². The highest BCUT2D eigenvalue weighted by Crippen LogP contribution is 2.37. The molecule has 0 radical (unpaired) electrons. The van der Waals surface area contributed by atoms with Gasteiger partial charge in [-0.3, -0.25) is 14.5 Å². The summed E-state index contributed by atoms with van der Waals surface area (Å²) in [6.45, 7) is 0.251. The summed E-state index contributed by atoms with van der Waals surface area (Å²) >= 11 is 5.49. The summed E-state index contributed by atoms with van der Waals surface area (Å²) in [6, 6.07) is 7.03. The molecule has 1 unspecified atom stereocenters. The van der Waals surface area contributed by atoms with Gasteiger partial charge in [-0.05, 0) is 54.4 Å². The maximum Gasteiger partial charge on any atom is 0.419 e. The lowest BCUT2D eigenvalue weighted by molar-refractivity contribution is -0.138. The summed E-state index contributed by atoms with van der Waals surface area (Å²) in [7, 11) is 0. The van der Waals surface area contributed by atoms with Crippen molar-refractivity contribution in [3.05, 3.63) is 58.4 Å². The van der Waals surface area contributed by atoms with Gasteiger partial charge in [0.05, 0.1) is 17.4 Å². The van der Waals surface area contributed by atoms with Gasteiger partial charge >= 0.3 is 6.18 Å². The van der Waals surface area contributed by atoms with Crippen molar-refractivity contribution >= 4 is 34.8 Å². The zero-order valence-electron chi connectivity index (χ0n) is 19.1. The van der Waals surface area contributed by atoms with Gasteiger partial charge in [-0.25, -0.2) is 4.98 Å². The first-order chi connectivity index (χ1) is 17.2. The van der Waals surface area contributed by atoms with Gasteiger partial charge in [0, 0.05) is 24.6 Å². The number of carbonyl (C=O) groups excluding carboxylic acids is 2. The molecule has 1 aromatic carbocycles. The van der Waals surface area contributed by atoms with E-state index in [0.29, 0.717) is 12.0 Å². The largest absolute Gasteiger partial charge is 0.419 e. The molecule has 3 aliphatic rings. The molecule has 1 N–H and O–H groups in total. The van der Waals surface area contributed by atoms with Crippen LogP contribution in [0.4, 0.5) is 18.9 Å². The molecule has 1 saturated heterocycles. The Morgan fingerprint density at radius 2 is 1.92 bits per heavy atom. The van der Waals surface area contributed by atoms with E-state index in [9.17, 15) is 22.8 Å². The maximum atomic E-state index is 13.5. The first-order valence-electron chi connectivity index (χ1n) is 11.7. The molecule has 1 aliphatic carbocycles. The van der Waals surface area contributed by atoms with Gasteiger partial charge in [0.1, 0.15) is 12.1 Å². The molecule has 7 nitrogen and oxygen atoms in total. The second-order valence-electron chi connectivity index (χ2n) is 9.30. The lowest BCUT2D eigenvalue weighted by Gasteiger charge is -2.30. The first kappa shape index (κ1) is 24.2. The van der Waals surface area contributed by atoms with E-state index in [1.807, 2.05) is 6.07 Å². The molecule has 36 heavy (non-hydrogen) atoms. The highest BCUT2D eigenvalue weighted by Gasteiger charge is 2.46. The van der Waals surface area contributed by atoms with Gasteiger partial charge in [0.15, 0.2) is 10.8 Å². The van der Waals surface area contributed by atoms with Gasteiger partial charge in [-0.1, -0.05) is 25.3 Å². The van der Waals surface area contributed by atoms with E-state index in [-0.39, 0.29) is 29.3 Å². The molecule has 2 aromatic rings. The Bertz CT molecular complexity index is 1300. The number of carbonyl (C=O) groups is 2. The smallest absolute Gasteiger partial charge is 0.349 e. The van der Waals surface area contributed by atoms with Crippen molar-refractivity contribution in [3.8, 4) is 6.07 Å². The van der Waals surface area contributed by atoms with Gasteiger partial charge in [-0.2, -0.15) is 18.4 Å². The fraction of sp³-hybridized carbons (Fsp3) is 0.400. The van der Waals surface area contributed by atoms with Crippen LogP contribution in [0.1, 0.15) is 64.8 Å². The summed E-state index contributed by atoms with van der Waals surface area (Å²) in [5.41, 5.74) is 0.123. The van der Waals surface area contributed by atoms with Crippen LogP contribution in [-0.2, 0) is 23.9 Å². The average molecular weight is 514 g/mol. The van der Waals surface area contributed by atoms with Crippen LogP contribution in [0.5, 0.6) is 0 Å². The zero-order valence-corrected chi connectivity index (χ0v) is 20.0. The Morgan fingerprint density at radius 1 is 1.17 bits per heavy atom. The fourth-order valence-electron chi connectivity index (χ4n) is 5.15. The summed E-state index contributed by atoms with van der Waals surface area (Å²) in [5, 5.41) is 12.2. The topological polar surface area (TPSA) is 89.3 Å². The van der Waals surface area contributed by atoms with Crippen LogP contribution in [0.2, 0.25) is 0 Å². The number of nitrogens with zero attached hydrogens (tertiary/aromatic N) is 4. The van der Waals surface area contributed by atoms with Gasteiger partial charge in [0.2, 0.25) is 0 Å². The molecule has 2 fully saturated rings. The van der Waals surface area contributed by atoms with Gasteiger partial charge < -0.3 is 10.2 Å². The molecule has 5 rings (SSSR count). The highest BCUT2D eigenvalue weighted by atomic mass is 32.1. The van der Waals surface area contributed by atoms with Crippen LogP contribution in [-0.4, -0.2) is 38.9 Å². The Kier molecular flexibility index (Phi) is 6.16. The van der Waals surface area contributed by atoms with E-state index in [0.717, 1.165) is 54.0 Å². The third-order valence-electron chi connectivity index (χ3n) is 7.02. The number of hydrogen-bond donors (Lipinski definition) is 1. The normalized spacial score (nSPS) is 20.1. The predicted octanol–water partition coefficient (Wildman–Crippen LogP) is 4.09. The SMILES string of the molecule is N#Cc1ncc(N2C(=O)C3Cc4ccc(C(=O)NC5CCCCC5)cc4CN3C2=S)cc1C(F)(F)F. The number of aromatic nitrogens is 1. The standard InChI is InChI=1S/C25H22F3N5O2S/c26-25(27,28)19-10-18(12-30-20(19)11-29)33-23(35)21-9-14-6-7-15(8-16(14)13-32(21)24(33)36)22(34)31-17-4-2-1-3-5-17/h6-8,10,12,17,21H,1-5,9,13H2,(H,31,34). The predicted molar refractivity (Wildman–Crippen MR) is 128 cm³/mol. The molecular formula is C25H22F3N5O2S. The summed E-state index contributed by atoms with van der Waals surface area (Å²) in [6.07, 6.45) is 1.89. The van der Waals surface area contributed by atoms with E-state index in [1.165, 1.54) is 12.5 Å². The highest BCUT2D eigenvalue weighted by molar-refractivity contribution is 7.80. The fourth-order valence-corrected chi connectivity index (χ4v) is 5.54. The van der Waals surface area contributed by atoms with Crippen LogP contribution in [0.3, 0.4) is 0 Å². The number of amides is 2. The molecule has 186 valence electrons. The second-order valence-corrected chi connectivity index (χ2v) is 9.66. The van der Waals surface area contributed by atoms with Crippen LogP contribution < -0.4 is 10.2 Å². The molecule has 1 atom stereocenters. The molecular weight excluding hydrogens is 491 g/mol. The first-order valence-corrected chi connectivity index (χ1v) is 12.1. The molecule has 2 aliphatic heterocycles. The minimum atomic E-state index is -4.81. The number of rotatable bonds is 3. The molecule has 0 spiro atoms. The third kappa shape index (κ3) is 4.30. The zero-order chi connectivity index (χ0) is 25.6. The maximum absolute atomic E-state index is 13.5. The Morgan fingerprint density at radius 3 is 2.61 bits per heavy atom. The van der Waals surface area contributed by atoms with Crippen molar-refractivity contribution in [2.45, 2.75) is 63.3 Å². The number of pyridine rings is 1. The van der Waals surface area contributed by atoms with E-state index < -0.39 is 29.4 Å². The number of alkyl halides is 3. The number of benzene rings is 1. The number of nitrogens with one attached hydrogen (secondary N) is 1. The molecule has 3 heterocycles. The number of thiocarbonyl (C=S) groups is 1. The monoisotopic (exact) mass is 513 g/mol. The molecule has 1 aromatic heterocycles. The quantitative estimate of drug-likeness (QED) is 0.622. The number of hydrogen-bond acceptors (Lipinski definition) is 5. The number of halogens is 3. The number of anilines is 1. The van der Waals surface area contributed by atoms with Crippen molar-refractivity contribution in [2.75, 3.05) is 4.90 Å². The van der Waals surface area contributed by atoms with Crippen LogP contribution >= 0.6 is 12.2 Å². The number of nitriles is 1. The average Bonchev–Trinajstić information content (AvgIpc) is 3.11. The third-order valence-corrected chi connectivity index (χ3v) is 7.44. The minimum absolute atomic E-state index is 0.0624. The molecule has 2 amide bonds. The van der Waals surface area contributed by atoms with Crippen molar-refractivity contribution < 1.29 is 22.8 Å². The Hall–Kier alpha value is -3.52. The van der Waals surface area contributed by atoms with Gasteiger partial charge in [0.25, 0.3) is 11.8 Å².